The van der Waals surface area contributed by atoms with Crippen molar-refractivity contribution in [3.8, 4) is 11.4 Å². The second kappa shape index (κ2) is 8.75. The average molecular weight is 377 g/mol. The van der Waals surface area contributed by atoms with E-state index in [1.165, 1.54) is 6.07 Å². The Morgan fingerprint density at radius 2 is 2.00 bits per heavy atom. The molecule has 0 saturated heterocycles. The van der Waals surface area contributed by atoms with E-state index in [9.17, 15) is 14.0 Å². The second-order valence-electron chi connectivity index (χ2n) is 6.58. The molecule has 7 nitrogen and oxygen atoms in total. The van der Waals surface area contributed by atoms with Gasteiger partial charge >= 0.3 is 5.97 Å². The van der Waals surface area contributed by atoms with Crippen LogP contribution >= 0.6 is 0 Å². The fourth-order valence-electron chi connectivity index (χ4n) is 2.85. The van der Waals surface area contributed by atoms with Gasteiger partial charge in [-0.1, -0.05) is 19.0 Å². The summed E-state index contributed by atoms with van der Waals surface area (Å²) in [5, 5.41) is 15.8. The van der Waals surface area contributed by atoms with Gasteiger partial charge in [-0.3, -0.25) is 9.59 Å². The van der Waals surface area contributed by atoms with Crippen LogP contribution in [0.2, 0.25) is 0 Å². The highest BCUT2D eigenvalue weighted by Gasteiger charge is 2.30. The molecule has 0 radical (unpaired) electrons. The van der Waals surface area contributed by atoms with Crippen molar-refractivity contribution >= 4 is 11.9 Å². The molecule has 0 aliphatic carbocycles. The number of aryl methyl sites for hydroxylation is 2. The quantitative estimate of drug-likeness (QED) is 0.695. The number of nitrogens with zero attached hydrogens (tertiary/aromatic N) is 2. The predicted octanol–water partition coefficient (Wildman–Crippen LogP) is 3.27. The molecule has 146 valence electrons. The molecule has 8 heteroatoms. The molecule has 0 saturated carbocycles. The molecule has 0 atom stereocenters. The Morgan fingerprint density at radius 1 is 1.30 bits per heavy atom. The number of benzene rings is 1. The van der Waals surface area contributed by atoms with Gasteiger partial charge < -0.3 is 14.9 Å². The normalized spacial score (nSPS) is 11.4. The fourth-order valence-corrected chi connectivity index (χ4v) is 2.85. The summed E-state index contributed by atoms with van der Waals surface area (Å²) >= 11 is 0. The number of hydrogen-bond donors (Lipinski definition) is 2. The van der Waals surface area contributed by atoms with Crippen molar-refractivity contribution in [3.05, 3.63) is 35.5 Å². The molecule has 1 amide bonds. The summed E-state index contributed by atoms with van der Waals surface area (Å²) in [4.78, 5) is 27.6. The number of amides is 1. The van der Waals surface area contributed by atoms with Gasteiger partial charge in [-0.2, -0.15) is 4.98 Å². The van der Waals surface area contributed by atoms with Gasteiger partial charge in [0.2, 0.25) is 17.6 Å². The Bertz CT molecular complexity index is 815. The Balaban J connectivity index is 1.98. The maximum absolute atomic E-state index is 13.4. The SMILES string of the molecule is CCC(CC)(CC(=O)O)NC(=O)CCc1nc(-c2ccc(F)c(C)c2)no1. The number of nitrogens with one attached hydrogen (secondary N) is 1. The van der Waals surface area contributed by atoms with Gasteiger partial charge in [0.05, 0.1) is 6.42 Å². The molecule has 0 aliphatic heterocycles. The van der Waals surface area contributed by atoms with Crippen LogP contribution in [-0.4, -0.2) is 32.7 Å². The van der Waals surface area contributed by atoms with E-state index in [0.717, 1.165) is 0 Å². The molecule has 2 aromatic rings. The van der Waals surface area contributed by atoms with Crippen molar-refractivity contribution in [2.45, 2.75) is 58.4 Å². The molecule has 0 bridgehead atoms. The van der Waals surface area contributed by atoms with Crippen molar-refractivity contribution in [1.82, 2.24) is 15.5 Å². The van der Waals surface area contributed by atoms with Crippen molar-refractivity contribution in [2.24, 2.45) is 0 Å². The number of carbonyl (C=O) groups excluding carboxylic acids is 1. The number of aromatic nitrogens is 2. The van der Waals surface area contributed by atoms with Crippen LogP contribution in [0.1, 0.15) is 51.0 Å². The number of carboxylic acids is 1. The van der Waals surface area contributed by atoms with E-state index in [2.05, 4.69) is 15.5 Å². The minimum absolute atomic E-state index is 0.103. The summed E-state index contributed by atoms with van der Waals surface area (Å²) in [5.74, 6) is -0.905. The highest BCUT2D eigenvalue weighted by molar-refractivity contribution is 5.78. The highest BCUT2D eigenvalue weighted by Crippen LogP contribution is 2.21. The van der Waals surface area contributed by atoms with Crippen LogP contribution in [-0.2, 0) is 16.0 Å². The van der Waals surface area contributed by atoms with Crippen LogP contribution in [0.25, 0.3) is 11.4 Å². The van der Waals surface area contributed by atoms with Crippen LogP contribution in [0.5, 0.6) is 0 Å². The minimum Gasteiger partial charge on any atom is -0.481 e. The third kappa shape index (κ3) is 5.35. The maximum atomic E-state index is 13.4. The summed E-state index contributed by atoms with van der Waals surface area (Å²) in [5.41, 5.74) is 0.354. The first-order valence-corrected chi connectivity index (χ1v) is 8.90. The Kier molecular flexibility index (Phi) is 6.65. The Morgan fingerprint density at radius 3 is 2.59 bits per heavy atom. The highest BCUT2D eigenvalue weighted by atomic mass is 19.1. The zero-order valence-corrected chi connectivity index (χ0v) is 15.7. The van der Waals surface area contributed by atoms with Crippen LogP contribution in [0, 0.1) is 12.7 Å². The van der Waals surface area contributed by atoms with E-state index in [4.69, 9.17) is 9.63 Å². The van der Waals surface area contributed by atoms with Crippen LogP contribution < -0.4 is 5.32 Å². The van der Waals surface area contributed by atoms with Crippen molar-refractivity contribution in [3.63, 3.8) is 0 Å². The van der Waals surface area contributed by atoms with Gasteiger partial charge in [0.25, 0.3) is 0 Å². The van der Waals surface area contributed by atoms with Gasteiger partial charge in [-0.15, -0.1) is 0 Å². The molecule has 1 aromatic carbocycles. The van der Waals surface area contributed by atoms with Crippen molar-refractivity contribution in [1.29, 1.82) is 0 Å². The molecule has 1 aromatic heterocycles. The van der Waals surface area contributed by atoms with E-state index in [0.29, 0.717) is 35.7 Å². The van der Waals surface area contributed by atoms with Gasteiger partial charge in [0, 0.05) is 23.9 Å². The maximum Gasteiger partial charge on any atom is 0.305 e. The smallest absolute Gasteiger partial charge is 0.305 e. The predicted molar refractivity (Wildman–Crippen MR) is 96.5 cm³/mol. The number of carboxylic acid groups (broad SMARTS) is 1. The third-order valence-electron chi connectivity index (χ3n) is 4.70. The van der Waals surface area contributed by atoms with E-state index in [-0.39, 0.29) is 31.0 Å². The summed E-state index contributed by atoms with van der Waals surface area (Å²) in [6.45, 7) is 5.35. The Labute approximate surface area is 157 Å². The molecule has 0 spiro atoms. The number of hydrogen-bond acceptors (Lipinski definition) is 5. The van der Waals surface area contributed by atoms with E-state index in [1.807, 2.05) is 13.8 Å². The van der Waals surface area contributed by atoms with Crippen LogP contribution in [0.15, 0.2) is 22.7 Å². The fraction of sp³-hybridized carbons (Fsp3) is 0.474. The lowest BCUT2D eigenvalue weighted by Gasteiger charge is -2.31. The van der Waals surface area contributed by atoms with Crippen LogP contribution in [0.4, 0.5) is 4.39 Å². The summed E-state index contributed by atoms with van der Waals surface area (Å²) in [6, 6.07) is 4.53. The van der Waals surface area contributed by atoms with Gasteiger partial charge in [-0.05, 0) is 43.5 Å². The summed E-state index contributed by atoms with van der Waals surface area (Å²) in [6.07, 6.45) is 1.26. The van der Waals surface area contributed by atoms with E-state index >= 15 is 0 Å². The number of aliphatic carboxylic acids is 1. The first kappa shape index (κ1) is 20.5. The summed E-state index contributed by atoms with van der Waals surface area (Å²) < 4.78 is 18.5. The zero-order chi connectivity index (χ0) is 20.0. The lowest BCUT2D eigenvalue weighted by atomic mass is 9.88. The molecule has 0 unspecified atom stereocenters. The summed E-state index contributed by atoms with van der Waals surface area (Å²) in [7, 11) is 0. The lowest BCUT2D eigenvalue weighted by molar-refractivity contribution is -0.139. The molecule has 0 aliphatic rings. The monoisotopic (exact) mass is 377 g/mol. The van der Waals surface area contributed by atoms with Gasteiger partial charge in [0.1, 0.15) is 5.82 Å². The molecule has 2 N–H and O–H groups in total. The first-order valence-electron chi connectivity index (χ1n) is 8.90. The molecule has 1 heterocycles. The molecule has 2 rings (SSSR count). The van der Waals surface area contributed by atoms with E-state index in [1.54, 1.807) is 19.1 Å². The lowest BCUT2D eigenvalue weighted by Crippen LogP contribution is -2.49. The Hall–Kier alpha value is -2.77. The molecular weight excluding hydrogens is 353 g/mol. The van der Waals surface area contributed by atoms with Gasteiger partial charge in [-0.25, -0.2) is 4.39 Å². The minimum atomic E-state index is -0.949. The number of halogens is 1. The number of rotatable bonds is 9. The standard InChI is InChI=1S/C19H24FN3O4/c1-4-19(5-2,11-17(25)26)22-15(24)8-9-16-21-18(23-27-16)13-6-7-14(20)12(3)10-13/h6-7,10H,4-5,8-9,11H2,1-3H3,(H,22,24)(H,25,26). The number of carbonyl (C=O) groups is 2. The molecule has 27 heavy (non-hydrogen) atoms. The van der Waals surface area contributed by atoms with Crippen LogP contribution in [0.3, 0.4) is 0 Å². The zero-order valence-electron chi connectivity index (χ0n) is 15.7. The van der Waals surface area contributed by atoms with Crippen molar-refractivity contribution < 1.29 is 23.6 Å². The van der Waals surface area contributed by atoms with Crippen molar-refractivity contribution in [2.75, 3.05) is 0 Å². The largest absolute Gasteiger partial charge is 0.481 e. The van der Waals surface area contributed by atoms with Gasteiger partial charge in [0.15, 0.2) is 0 Å². The molecule has 0 fully saturated rings. The topological polar surface area (TPSA) is 105 Å². The third-order valence-corrected chi connectivity index (χ3v) is 4.70. The molecular formula is C19H24FN3O4. The van der Waals surface area contributed by atoms with E-state index < -0.39 is 11.5 Å². The first-order chi connectivity index (χ1) is 12.8. The average Bonchev–Trinajstić information content (AvgIpc) is 3.10. The second-order valence-corrected chi connectivity index (χ2v) is 6.58.